The summed E-state index contributed by atoms with van der Waals surface area (Å²) in [7, 11) is -1.76. The van der Waals surface area contributed by atoms with E-state index in [9.17, 15) is 9.18 Å². The molecule has 0 aliphatic rings. The molecule has 0 bridgehead atoms. The molecule has 21 heavy (non-hydrogen) atoms. The number of rotatable bonds is 4. The standard InChI is InChI=1S/C15H15BFNO3/c1-10-2-4-11(5-3-10)9-18-15(19)13-7-6-12(16(20)21)8-14(13)17/h2-8,20-21H,9H2,1H3,(H,18,19). The lowest BCUT2D eigenvalue weighted by atomic mass is 9.80. The van der Waals surface area contributed by atoms with Gasteiger partial charge >= 0.3 is 7.12 Å². The Morgan fingerprint density at radius 1 is 1.19 bits per heavy atom. The highest BCUT2D eigenvalue weighted by atomic mass is 19.1. The van der Waals surface area contributed by atoms with E-state index in [4.69, 9.17) is 10.0 Å². The fourth-order valence-electron chi connectivity index (χ4n) is 1.86. The number of carbonyl (C=O) groups excluding carboxylic acids is 1. The molecule has 2 rings (SSSR count). The van der Waals surface area contributed by atoms with Crippen molar-refractivity contribution in [2.24, 2.45) is 0 Å². The van der Waals surface area contributed by atoms with Crippen LogP contribution < -0.4 is 10.8 Å². The lowest BCUT2D eigenvalue weighted by Gasteiger charge is -2.08. The first-order chi connectivity index (χ1) is 9.97. The highest BCUT2D eigenvalue weighted by Gasteiger charge is 2.16. The topological polar surface area (TPSA) is 69.6 Å². The summed E-state index contributed by atoms with van der Waals surface area (Å²) in [4.78, 5) is 11.9. The van der Waals surface area contributed by atoms with Gasteiger partial charge in [-0.1, -0.05) is 35.9 Å². The van der Waals surface area contributed by atoms with Crippen molar-refractivity contribution < 1.29 is 19.2 Å². The molecular weight excluding hydrogens is 272 g/mol. The van der Waals surface area contributed by atoms with Crippen molar-refractivity contribution in [1.29, 1.82) is 0 Å². The third-order valence-corrected chi connectivity index (χ3v) is 3.11. The lowest BCUT2D eigenvalue weighted by Crippen LogP contribution is -2.31. The van der Waals surface area contributed by atoms with E-state index in [1.165, 1.54) is 12.1 Å². The molecule has 0 fully saturated rings. The zero-order chi connectivity index (χ0) is 15.4. The number of benzene rings is 2. The molecule has 0 saturated heterocycles. The van der Waals surface area contributed by atoms with E-state index >= 15 is 0 Å². The van der Waals surface area contributed by atoms with Gasteiger partial charge in [0.1, 0.15) is 5.82 Å². The quantitative estimate of drug-likeness (QED) is 0.727. The number of amides is 1. The summed E-state index contributed by atoms with van der Waals surface area (Å²) >= 11 is 0. The molecule has 0 saturated carbocycles. The Morgan fingerprint density at radius 3 is 2.43 bits per heavy atom. The number of hydrogen-bond donors (Lipinski definition) is 3. The second-order valence-electron chi connectivity index (χ2n) is 4.78. The molecule has 3 N–H and O–H groups in total. The van der Waals surface area contributed by atoms with Gasteiger partial charge in [-0.25, -0.2) is 4.39 Å². The molecule has 0 heterocycles. The minimum Gasteiger partial charge on any atom is -0.423 e. The predicted octanol–water partition coefficient (Wildman–Crippen LogP) is 0.744. The Balaban J connectivity index is 2.05. The van der Waals surface area contributed by atoms with Crippen molar-refractivity contribution in [3.63, 3.8) is 0 Å². The lowest BCUT2D eigenvalue weighted by molar-refractivity contribution is 0.0947. The largest absolute Gasteiger partial charge is 0.488 e. The van der Waals surface area contributed by atoms with Crippen molar-refractivity contribution in [1.82, 2.24) is 5.32 Å². The molecule has 0 unspecified atom stereocenters. The van der Waals surface area contributed by atoms with Crippen molar-refractivity contribution in [3.8, 4) is 0 Å². The van der Waals surface area contributed by atoms with E-state index in [0.717, 1.165) is 17.2 Å². The fraction of sp³-hybridized carbons (Fsp3) is 0.133. The van der Waals surface area contributed by atoms with Crippen LogP contribution in [-0.4, -0.2) is 23.1 Å². The molecule has 2 aromatic rings. The zero-order valence-electron chi connectivity index (χ0n) is 11.5. The smallest absolute Gasteiger partial charge is 0.423 e. The van der Waals surface area contributed by atoms with Gasteiger partial charge in [-0.05, 0) is 30.1 Å². The third kappa shape index (κ3) is 3.90. The van der Waals surface area contributed by atoms with Crippen molar-refractivity contribution in [2.45, 2.75) is 13.5 Å². The maximum absolute atomic E-state index is 13.8. The first-order valence-electron chi connectivity index (χ1n) is 6.46. The summed E-state index contributed by atoms with van der Waals surface area (Å²) in [6, 6.07) is 11.1. The third-order valence-electron chi connectivity index (χ3n) is 3.11. The van der Waals surface area contributed by atoms with Crippen LogP contribution >= 0.6 is 0 Å². The SMILES string of the molecule is Cc1ccc(CNC(=O)c2ccc(B(O)O)cc2F)cc1. The molecule has 108 valence electrons. The zero-order valence-corrected chi connectivity index (χ0v) is 11.5. The van der Waals surface area contributed by atoms with Crippen LogP contribution in [0.25, 0.3) is 0 Å². The normalized spacial score (nSPS) is 10.3. The molecule has 0 radical (unpaired) electrons. The maximum Gasteiger partial charge on any atom is 0.488 e. The van der Waals surface area contributed by atoms with Gasteiger partial charge in [0, 0.05) is 6.54 Å². The predicted molar refractivity (Wildman–Crippen MR) is 78.6 cm³/mol. The van der Waals surface area contributed by atoms with Crippen LogP contribution in [0.2, 0.25) is 0 Å². The van der Waals surface area contributed by atoms with Crippen LogP contribution in [0.3, 0.4) is 0 Å². The summed E-state index contributed by atoms with van der Waals surface area (Å²) in [5.41, 5.74) is 1.90. The second-order valence-corrected chi connectivity index (χ2v) is 4.78. The molecule has 2 aromatic carbocycles. The Hall–Kier alpha value is -2.18. The monoisotopic (exact) mass is 287 g/mol. The van der Waals surface area contributed by atoms with Gasteiger partial charge in [-0.3, -0.25) is 4.79 Å². The highest BCUT2D eigenvalue weighted by Crippen LogP contribution is 2.07. The van der Waals surface area contributed by atoms with Crippen LogP contribution in [0.15, 0.2) is 42.5 Å². The highest BCUT2D eigenvalue weighted by molar-refractivity contribution is 6.58. The maximum atomic E-state index is 13.8. The fourth-order valence-corrected chi connectivity index (χ4v) is 1.86. The van der Waals surface area contributed by atoms with Crippen molar-refractivity contribution in [2.75, 3.05) is 0 Å². The van der Waals surface area contributed by atoms with Crippen LogP contribution in [0.4, 0.5) is 4.39 Å². The van der Waals surface area contributed by atoms with Gasteiger partial charge in [0.15, 0.2) is 0 Å². The van der Waals surface area contributed by atoms with E-state index in [1.54, 1.807) is 0 Å². The summed E-state index contributed by atoms with van der Waals surface area (Å²) in [5, 5.41) is 20.5. The number of carbonyl (C=O) groups is 1. The number of aryl methyl sites for hydroxylation is 1. The van der Waals surface area contributed by atoms with Gasteiger partial charge in [0.2, 0.25) is 0 Å². The molecule has 0 aromatic heterocycles. The number of nitrogens with one attached hydrogen (secondary N) is 1. The molecule has 0 spiro atoms. The summed E-state index contributed by atoms with van der Waals surface area (Å²) in [5.74, 6) is -1.34. The Bertz CT molecular complexity index is 644. The first kappa shape index (κ1) is 15.2. The Kier molecular flexibility index (Phi) is 4.72. The van der Waals surface area contributed by atoms with Crippen molar-refractivity contribution >= 4 is 18.5 Å². The van der Waals surface area contributed by atoms with Gasteiger partial charge < -0.3 is 15.4 Å². The Labute approximate surface area is 122 Å². The molecule has 4 nitrogen and oxygen atoms in total. The van der Waals surface area contributed by atoms with Gasteiger partial charge in [-0.15, -0.1) is 0 Å². The molecule has 0 aliphatic carbocycles. The summed E-state index contributed by atoms with van der Waals surface area (Å²) in [6.07, 6.45) is 0. The van der Waals surface area contributed by atoms with E-state index in [2.05, 4.69) is 5.32 Å². The minimum atomic E-state index is -1.76. The van der Waals surface area contributed by atoms with Gasteiger partial charge in [0.25, 0.3) is 5.91 Å². The van der Waals surface area contributed by atoms with Crippen LogP contribution in [0, 0.1) is 12.7 Å². The van der Waals surface area contributed by atoms with Crippen LogP contribution in [0.1, 0.15) is 21.5 Å². The summed E-state index contributed by atoms with van der Waals surface area (Å²) < 4.78 is 13.8. The molecule has 1 amide bonds. The molecular formula is C15H15BFNO3. The van der Waals surface area contributed by atoms with Gasteiger partial charge in [-0.2, -0.15) is 0 Å². The average Bonchev–Trinajstić information content (AvgIpc) is 2.46. The van der Waals surface area contributed by atoms with E-state index < -0.39 is 18.8 Å². The Morgan fingerprint density at radius 2 is 1.86 bits per heavy atom. The van der Waals surface area contributed by atoms with Crippen LogP contribution in [-0.2, 0) is 6.54 Å². The molecule has 0 atom stereocenters. The van der Waals surface area contributed by atoms with Crippen molar-refractivity contribution in [3.05, 3.63) is 65.0 Å². The minimum absolute atomic E-state index is 0.00239. The second kappa shape index (κ2) is 6.52. The average molecular weight is 287 g/mol. The van der Waals surface area contributed by atoms with E-state index in [-0.39, 0.29) is 11.0 Å². The molecule has 6 heteroatoms. The van der Waals surface area contributed by atoms with E-state index in [0.29, 0.717) is 6.54 Å². The number of hydrogen-bond acceptors (Lipinski definition) is 3. The summed E-state index contributed by atoms with van der Waals surface area (Å²) in [6.45, 7) is 2.26. The number of halogens is 1. The van der Waals surface area contributed by atoms with Crippen LogP contribution in [0.5, 0.6) is 0 Å². The van der Waals surface area contributed by atoms with E-state index in [1.807, 2.05) is 31.2 Å². The van der Waals surface area contributed by atoms with Gasteiger partial charge in [0.05, 0.1) is 5.56 Å². The molecule has 0 aliphatic heterocycles. The first-order valence-corrected chi connectivity index (χ1v) is 6.46.